The number of amides is 1. The van der Waals surface area contributed by atoms with Crippen LogP contribution in [0, 0.1) is 6.92 Å². The molecule has 0 saturated carbocycles. The van der Waals surface area contributed by atoms with Gasteiger partial charge in [0.1, 0.15) is 0 Å². The fourth-order valence-corrected chi connectivity index (χ4v) is 4.61. The average Bonchev–Trinajstić information content (AvgIpc) is 3.43. The van der Waals surface area contributed by atoms with Crippen LogP contribution in [0.15, 0.2) is 66.9 Å². The first-order valence-corrected chi connectivity index (χ1v) is 11.2. The van der Waals surface area contributed by atoms with Crippen molar-refractivity contribution in [1.82, 2.24) is 19.6 Å². The summed E-state index contributed by atoms with van der Waals surface area (Å²) in [6, 6.07) is 21.4. The molecule has 0 bridgehead atoms. The van der Waals surface area contributed by atoms with E-state index < -0.39 is 0 Å². The fraction of sp³-hybridized carbons (Fsp3) is 0.385. The molecular weight excluding hydrogens is 384 g/mol. The molecule has 3 aromatic rings. The maximum Gasteiger partial charge on any atom is 0.257 e. The Balaban J connectivity index is 1.45. The number of hydrogen-bond acceptors (Lipinski definition) is 3. The van der Waals surface area contributed by atoms with Crippen molar-refractivity contribution >= 4 is 5.91 Å². The van der Waals surface area contributed by atoms with E-state index >= 15 is 0 Å². The van der Waals surface area contributed by atoms with Crippen LogP contribution < -0.4 is 0 Å². The lowest BCUT2D eigenvalue weighted by atomic mass is 10.1. The number of aromatic nitrogens is 2. The van der Waals surface area contributed by atoms with Crippen molar-refractivity contribution < 1.29 is 4.79 Å². The van der Waals surface area contributed by atoms with Gasteiger partial charge >= 0.3 is 0 Å². The lowest BCUT2D eigenvalue weighted by molar-refractivity contribution is 0.0688. The number of carbonyl (C=O) groups excluding carboxylic acids is 1. The molecule has 1 saturated heterocycles. The Morgan fingerprint density at radius 2 is 1.81 bits per heavy atom. The quantitative estimate of drug-likeness (QED) is 0.568. The van der Waals surface area contributed by atoms with Crippen molar-refractivity contribution in [2.24, 2.45) is 0 Å². The van der Waals surface area contributed by atoms with Gasteiger partial charge in [-0.1, -0.05) is 60.7 Å². The van der Waals surface area contributed by atoms with Gasteiger partial charge in [0.15, 0.2) is 0 Å². The molecule has 0 aliphatic carbocycles. The third-order valence-corrected chi connectivity index (χ3v) is 6.58. The first kappa shape index (κ1) is 21.3. The van der Waals surface area contributed by atoms with E-state index in [1.54, 1.807) is 6.20 Å². The van der Waals surface area contributed by atoms with Crippen LogP contribution in [0.1, 0.15) is 53.5 Å². The summed E-state index contributed by atoms with van der Waals surface area (Å²) in [5, 5.41) is 4.52. The molecule has 1 fully saturated rings. The molecular formula is C26H32N4O. The first-order chi connectivity index (χ1) is 15.1. The molecule has 0 N–H and O–H groups in total. The van der Waals surface area contributed by atoms with Gasteiger partial charge in [-0.3, -0.25) is 14.4 Å². The predicted octanol–water partition coefficient (Wildman–Crippen LogP) is 4.54. The van der Waals surface area contributed by atoms with Crippen LogP contribution in [0.4, 0.5) is 0 Å². The molecule has 1 amide bonds. The summed E-state index contributed by atoms with van der Waals surface area (Å²) in [5.41, 5.74) is 4.16. The summed E-state index contributed by atoms with van der Waals surface area (Å²) >= 11 is 0. The van der Waals surface area contributed by atoms with E-state index in [0.717, 1.165) is 25.2 Å². The minimum absolute atomic E-state index is 0.0959. The van der Waals surface area contributed by atoms with Crippen LogP contribution in [0.3, 0.4) is 0 Å². The number of benzene rings is 2. The number of carbonyl (C=O) groups is 1. The van der Waals surface area contributed by atoms with Gasteiger partial charge < -0.3 is 4.90 Å². The van der Waals surface area contributed by atoms with Crippen molar-refractivity contribution in [3.63, 3.8) is 0 Å². The van der Waals surface area contributed by atoms with Gasteiger partial charge in [0.05, 0.1) is 18.3 Å². The zero-order valence-corrected chi connectivity index (χ0v) is 18.7. The average molecular weight is 417 g/mol. The van der Waals surface area contributed by atoms with Gasteiger partial charge in [0.2, 0.25) is 0 Å². The lowest BCUT2D eigenvalue weighted by Crippen LogP contribution is -2.42. The Morgan fingerprint density at radius 1 is 1.13 bits per heavy atom. The summed E-state index contributed by atoms with van der Waals surface area (Å²) in [6.07, 6.45) is 2.75. The Bertz CT molecular complexity index is 999. The number of likely N-dealkylation sites (N-methyl/N-ethyl adjacent to an activating group) is 1. The van der Waals surface area contributed by atoms with Gasteiger partial charge in [-0.25, -0.2) is 0 Å². The van der Waals surface area contributed by atoms with Gasteiger partial charge in [-0.05, 0) is 38.3 Å². The van der Waals surface area contributed by atoms with E-state index in [1.807, 2.05) is 34.7 Å². The van der Waals surface area contributed by atoms with Crippen molar-refractivity contribution in [2.75, 3.05) is 19.6 Å². The summed E-state index contributed by atoms with van der Waals surface area (Å²) < 4.78 is 1.93. The molecule has 0 spiro atoms. The van der Waals surface area contributed by atoms with Crippen LogP contribution >= 0.6 is 0 Å². The number of hydrogen-bond donors (Lipinski definition) is 0. The Hall–Kier alpha value is -2.92. The van der Waals surface area contributed by atoms with Gasteiger partial charge in [-0.2, -0.15) is 5.10 Å². The molecule has 0 radical (unpaired) electrons. The lowest BCUT2D eigenvalue weighted by Gasteiger charge is -2.30. The topological polar surface area (TPSA) is 41.4 Å². The second kappa shape index (κ2) is 9.48. The van der Waals surface area contributed by atoms with Crippen molar-refractivity contribution in [3.8, 4) is 0 Å². The zero-order valence-electron chi connectivity index (χ0n) is 18.7. The normalized spacial score (nSPS) is 17.6. The highest BCUT2D eigenvalue weighted by Gasteiger charge is 2.33. The van der Waals surface area contributed by atoms with Gasteiger partial charge in [-0.15, -0.1) is 0 Å². The highest BCUT2D eigenvalue weighted by Crippen LogP contribution is 2.27. The number of rotatable bonds is 7. The van der Waals surface area contributed by atoms with E-state index in [2.05, 4.69) is 66.3 Å². The van der Waals surface area contributed by atoms with Crippen LogP contribution in [0.5, 0.6) is 0 Å². The molecule has 2 atom stereocenters. The minimum atomic E-state index is 0.0959. The molecule has 162 valence electrons. The Kier molecular flexibility index (Phi) is 6.52. The molecule has 5 nitrogen and oxygen atoms in total. The van der Waals surface area contributed by atoms with Crippen molar-refractivity contribution in [1.29, 1.82) is 0 Å². The Labute approximate surface area is 185 Å². The summed E-state index contributed by atoms with van der Waals surface area (Å²) in [5.74, 6) is 0.0959. The predicted molar refractivity (Wildman–Crippen MR) is 124 cm³/mol. The zero-order chi connectivity index (χ0) is 21.8. The molecule has 2 unspecified atom stereocenters. The van der Waals surface area contributed by atoms with Gasteiger partial charge in [0, 0.05) is 37.4 Å². The van der Waals surface area contributed by atoms with Gasteiger partial charge in [0.25, 0.3) is 5.91 Å². The van der Waals surface area contributed by atoms with E-state index in [4.69, 9.17) is 0 Å². The van der Waals surface area contributed by atoms with E-state index in [9.17, 15) is 4.79 Å². The van der Waals surface area contributed by atoms with Crippen LogP contribution in [0.25, 0.3) is 0 Å². The molecule has 4 rings (SSSR count). The van der Waals surface area contributed by atoms with Crippen LogP contribution in [0.2, 0.25) is 0 Å². The maximum atomic E-state index is 13.5. The molecule has 2 heterocycles. The molecule has 1 aromatic heterocycles. The second-order valence-corrected chi connectivity index (χ2v) is 8.40. The third-order valence-electron chi connectivity index (χ3n) is 6.58. The molecule has 1 aliphatic heterocycles. The summed E-state index contributed by atoms with van der Waals surface area (Å²) in [6.45, 7) is 9.63. The highest BCUT2D eigenvalue weighted by molar-refractivity contribution is 5.95. The number of nitrogens with zero attached hydrogens (tertiary/aromatic N) is 4. The SMILES string of the molecule is CCN(C(=O)c1cnn(Cc2ccccc2)c1C)C1CCN(C(C)c2ccccc2)C1. The fourth-order valence-electron chi connectivity index (χ4n) is 4.61. The van der Waals surface area contributed by atoms with Crippen LogP contribution in [-0.4, -0.2) is 51.2 Å². The first-order valence-electron chi connectivity index (χ1n) is 11.2. The highest BCUT2D eigenvalue weighted by atomic mass is 16.2. The largest absolute Gasteiger partial charge is 0.334 e. The van der Waals surface area contributed by atoms with Crippen molar-refractivity contribution in [3.05, 3.63) is 89.2 Å². The Morgan fingerprint density at radius 3 is 2.48 bits per heavy atom. The van der Waals surface area contributed by atoms with E-state index in [-0.39, 0.29) is 11.9 Å². The van der Waals surface area contributed by atoms with Crippen LogP contribution in [-0.2, 0) is 6.54 Å². The standard InChI is InChI=1S/C26H32N4O/c1-4-29(24-15-16-28(19-24)20(2)23-13-9-6-10-14-23)26(31)25-17-27-30(21(25)3)18-22-11-7-5-8-12-22/h5-14,17,20,24H,4,15-16,18-19H2,1-3H3. The smallest absolute Gasteiger partial charge is 0.257 e. The van der Waals surface area contributed by atoms with Crippen molar-refractivity contribution in [2.45, 2.75) is 45.8 Å². The molecule has 2 aromatic carbocycles. The minimum Gasteiger partial charge on any atom is -0.334 e. The monoisotopic (exact) mass is 416 g/mol. The molecule has 1 aliphatic rings. The molecule has 5 heteroatoms. The maximum absolute atomic E-state index is 13.5. The summed E-state index contributed by atoms with van der Waals surface area (Å²) in [4.78, 5) is 18.0. The van der Waals surface area contributed by atoms with E-state index in [0.29, 0.717) is 24.7 Å². The third kappa shape index (κ3) is 4.57. The molecule has 31 heavy (non-hydrogen) atoms. The van der Waals surface area contributed by atoms with E-state index in [1.165, 1.54) is 11.1 Å². The summed E-state index contributed by atoms with van der Waals surface area (Å²) in [7, 11) is 0. The second-order valence-electron chi connectivity index (χ2n) is 8.40. The number of likely N-dealkylation sites (tertiary alicyclic amines) is 1.